The van der Waals surface area contributed by atoms with E-state index in [1.807, 2.05) is 43.3 Å². The molecule has 0 aliphatic carbocycles. The van der Waals surface area contributed by atoms with Gasteiger partial charge in [0, 0.05) is 10.7 Å². The van der Waals surface area contributed by atoms with Gasteiger partial charge in [0.05, 0.1) is 11.9 Å². The number of hydrogen-bond acceptors (Lipinski definition) is 4. The zero-order valence-corrected chi connectivity index (χ0v) is 15.0. The maximum Gasteiger partial charge on any atom is 0.262 e. The van der Waals surface area contributed by atoms with Gasteiger partial charge in [-0.15, -0.1) is 0 Å². The number of carbonyl (C=O) groups is 1. The fraction of sp³-hybridized carbons (Fsp3) is 0.100. The van der Waals surface area contributed by atoms with Crippen molar-refractivity contribution in [1.29, 1.82) is 0 Å². The van der Waals surface area contributed by atoms with Crippen molar-refractivity contribution in [2.24, 2.45) is 0 Å². The smallest absolute Gasteiger partial charge is 0.262 e. The highest BCUT2D eigenvalue weighted by Gasteiger charge is 2.05. The van der Waals surface area contributed by atoms with Crippen molar-refractivity contribution < 1.29 is 9.53 Å². The summed E-state index contributed by atoms with van der Waals surface area (Å²) < 4.78 is 5.45. The highest BCUT2D eigenvalue weighted by Crippen LogP contribution is 2.19. The van der Waals surface area contributed by atoms with E-state index in [1.165, 1.54) is 0 Å². The molecule has 0 unspecified atom stereocenters. The minimum absolute atomic E-state index is 0.0639. The van der Waals surface area contributed by atoms with Crippen LogP contribution in [-0.4, -0.2) is 17.5 Å². The fourth-order valence-corrected chi connectivity index (χ4v) is 2.43. The first-order chi connectivity index (χ1) is 12.6. The van der Waals surface area contributed by atoms with Gasteiger partial charge in [0.2, 0.25) is 0 Å². The highest BCUT2D eigenvalue weighted by atomic mass is 35.5. The van der Waals surface area contributed by atoms with Crippen molar-refractivity contribution in [3.05, 3.63) is 77.4 Å². The monoisotopic (exact) mass is 367 g/mol. The number of aromatic nitrogens is 1. The van der Waals surface area contributed by atoms with Crippen molar-refractivity contribution in [3.63, 3.8) is 0 Å². The maximum absolute atomic E-state index is 12.0. The van der Waals surface area contributed by atoms with E-state index in [1.54, 1.807) is 30.5 Å². The van der Waals surface area contributed by atoms with E-state index in [0.29, 0.717) is 22.3 Å². The lowest BCUT2D eigenvalue weighted by Gasteiger charge is -2.09. The second kappa shape index (κ2) is 8.36. The molecule has 0 spiro atoms. The third kappa shape index (κ3) is 5.22. The van der Waals surface area contributed by atoms with Crippen molar-refractivity contribution in [2.45, 2.75) is 6.92 Å². The van der Waals surface area contributed by atoms with Crippen molar-refractivity contribution in [1.82, 2.24) is 4.98 Å². The summed E-state index contributed by atoms with van der Waals surface area (Å²) in [5, 5.41) is 6.54. The van der Waals surface area contributed by atoms with E-state index in [2.05, 4.69) is 15.6 Å². The molecule has 1 aromatic heterocycles. The molecule has 0 bridgehead atoms. The van der Waals surface area contributed by atoms with Gasteiger partial charge in [0.1, 0.15) is 11.6 Å². The lowest BCUT2D eigenvalue weighted by Crippen LogP contribution is -2.20. The fourth-order valence-electron chi connectivity index (χ4n) is 2.24. The summed E-state index contributed by atoms with van der Waals surface area (Å²) in [6.45, 7) is 1.93. The molecule has 1 amide bonds. The topological polar surface area (TPSA) is 63.2 Å². The zero-order valence-electron chi connectivity index (χ0n) is 14.2. The quantitative estimate of drug-likeness (QED) is 0.656. The Balaban J connectivity index is 1.51. The van der Waals surface area contributed by atoms with Crippen LogP contribution in [0.5, 0.6) is 5.75 Å². The van der Waals surface area contributed by atoms with Gasteiger partial charge in [-0.25, -0.2) is 4.98 Å². The second-order valence-electron chi connectivity index (χ2n) is 5.72. The highest BCUT2D eigenvalue weighted by molar-refractivity contribution is 6.30. The van der Waals surface area contributed by atoms with E-state index in [-0.39, 0.29) is 12.5 Å². The van der Waals surface area contributed by atoms with Crippen LogP contribution in [0.15, 0.2) is 66.9 Å². The Hall–Kier alpha value is -3.05. The predicted octanol–water partition coefficient (Wildman–Crippen LogP) is 4.80. The van der Waals surface area contributed by atoms with Crippen molar-refractivity contribution >= 4 is 34.7 Å². The number of hydrogen-bond donors (Lipinski definition) is 2. The Morgan fingerprint density at radius 3 is 2.58 bits per heavy atom. The number of benzene rings is 2. The summed E-state index contributed by atoms with van der Waals surface area (Å²) in [5.74, 6) is 1.06. The van der Waals surface area contributed by atoms with Gasteiger partial charge in [-0.2, -0.15) is 0 Å². The molecule has 0 aliphatic rings. The number of nitrogens with one attached hydrogen (secondary N) is 2. The summed E-state index contributed by atoms with van der Waals surface area (Å²) in [7, 11) is 0. The van der Waals surface area contributed by atoms with Crippen LogP contribution in [-0.2, 0) is 4.79 Å². The molecule has 132 valence electrons. The number of pyridine rings is 1. The van der Waals surface area contributed by atoms with Gasteiger partial charge in [-0.3, -0.25) is 4.79 Å². The third-order valence-electron chi connectivity index (χ3n) is 3.54. The first-order valence-electron chi connectivity index (χ1n) is 8.06. The summed E-state index contributed by atoms with van der Waals surface area (Å²) in [6, 6.07) is 18.4. The minimum atomic E-state index is -0.247. The molecule has 26 heavy (non-hydrogen) atoms. The van der Waals surface area contributed by atoms with Crippen LogP contribution in [0.25, 0.3) is 0 Å². The van der Waals surface area contributed by atoms with Crippen LogP contribution < -0.4 is 15.4 Å². The molecule has 2 aromatic carbocycles. The standard InChI is InChI=1S/C20H18ClN3O2/c1-14-5-8-18(9-6-14)26-13-20(25)24-17-7-10-19(22-12-17)23-16-4-2-3-15(21)11-16/h2-12H,13H2,1H3,(H,22,23)(H,24,25). The summed E-state index contributed by atoms with van der Waals surface area (Å²) in [4.78, 5) is 16.2. The van der Waals surface area contributed by atoms with Gasteiger partial charge in [0.25, 0.3) is 5.91 Å². The van der Waals surface area contributed by atoms with Gasteiger partial charge in [-0.1, -0.05) is 35.4 Å². The average molecular weight is 368 g/mol. The normalized spacial score (nSPS) is 10.2. The molecule has 3 aromatic rings. The van der Waals surface area contributed by atoms with Crippen molar-refractivity contribution in [3.8, 4) is 5.75 Å². The van der Waals surface area contributed by atoms with Crippen LogP contribution in [0.4, 0.5) is 17.2 Å². The van der Waals surface area contributed by atoms with E-state index < -0.39 is 0 Å². The number of nitrogens with zero attached hydrogens (tertiary/aromatic N) is 1. The second-order valence-corrected chi connectivity index (χ2v) is 6.15. The summed E-state index contributed by atoms with van der Waals surface area (Å²) in [6.07, 6.45) is 1.58. The van der Waals surface area contributed by atoms with Gasteiger partial charge in [0.15, 0.2) is 6.61 Å². The van der Waals surface area contributed by atoms with Gasteiger partial charge in [-0.05, 0) is 49.4 Å². The van der Waals surface area contributed by atoms with E-state index in [0.717, 1.165) is 11.3 Å². The van der Waals surface area contributed by atoms with Crippen LogP contribution in [0.3, 0.4) is 0 Å². The number of amides is 1. The summed E-state index contributed by atoms with van der Waals surface area (Å²) >= 11 is 5.96. The lowest BCUT2D eigenvalue weighted by atomic mass is 10.2. The summed E-state index contributed by atoms with van der Waals surface area (Å²) in [5.41, 5.74) is 2.58. The largest absolute Gasteiger partial charge is 0.484 e. The third-order valence-corrected chi connectivity index (χ3v) is 3.77. The Bertz CT molecular complexity index is 880. The Labute approximate surface area is 157 Å². The molecule has 0 atom stereocenters. The number of halogens is 1. The Morgan fingerprint density at radius 1 is 1.08 bits per heavy atom. The molecule has 0 saturated heterocycles. The molecule has 2 N–H and O–H groups in total. The number of aryl methyl sites for hydroxylation is 1. The molecule has 3 rings (SSSR count). The van der Waals surface area contributed by atoms with Crippen molar-refractivity contribution in [2.75, 3.05) is 17.2 Å². The van der Waals surface area contributed by atoms with Crippen LogP contribution in [0, 0.1) is 6.92 Å². The molecule has 0 radical (unpaired) electrons. The first-order valence-corrected chi connectivity index (χ1v) is 8.44. The van der Waals surface area contributed by atoms with Gasteiger partial charge >= 0.3 is 0 Å². The Morgan fingerprint density at radius 2 is 1.88 bits per heavy atom. The molecular weight excluding hydrogens is 350 g/mol. The SMILES string of the molecule is Cc1ccc(OCC(=O)Nc2ccc(Nc3cccc(Cl)c3)nc2)cc1. The van der Waals surface area contributed by atoms with Crippen LogP contribution >= 0.6 is 11.6 Å². The maximum atomic E-state index is 12.0. The van der Waals surface area contributed by atoms with E-state index in [4.69, 9.17) is 16.3 Å². The molecule has 0 saturated carbocycles. The zero-order chi connectivity index (χ0) is 18.4. The van der Waals surface area contributed by atoms with E-state index in [9.17, 15) is 4.79 Å². The number of ether oxygens (including phenoxy) is 1. The Kier molecular flexibility index (Phi) is 5.71. The molecule has 1 heterocycles. The predicted molar refractivity (Wildman–Crippen MR) is 104 cm³/mol. The van der Waals surface area contributed by atoms with Gasteiger partial charge < -0.3 is 15.4 Å². The average Bonchev–Trinajstić information content (AvgIpc) is 2.63. The number of anilines is 3. The molecule has 6 heteroatoms. The molecular formula is C20H18ClN3O2. The van der Waals surface area contributed by atoms with E-state index >= 15 is 0 Å². The minimum Gasteiger partial charge on any atom is -0.484 e. The van der Waals surface area contributed by atoms with Crippen LogP contribution in [0.1, 0.15) is 5.56 Å². The molecule has 0 fully saturated rings. The molecule has 0 aliphatic heterocycles. The van der Waals surface area contributed by atoms with Crippen LogP contribution in [0.2, 0.25) is 5.02 Å². The number of rotatable bonds is 6. The number of carbonyl (C=O) groups excluding carboxylic acids is 1. The molecule has 5 nitrogen and oxygen atoms in total. The first kappa shape index (κ1) is 17.8. The lowest BCUT2D eigenvalue weighted by molar-refractivity contribution is -0.118.